The van der Waals surface area contributed by atoms with Crippen LogP contribution >= 0.6 is 12.4 Å². The van der Waals surface area contributed by atoms with Gasteiger partial charge in [-0.15, -0.1) is 12.4 Å². The Morgan fingerprint density at radius 2 is 1.96 bits per heavy atom. The molecule has 0 bridgehead atoms. The van der Waals surface area contributed by atoms with Gasteiger partial charge in [-0.3, -0.25) is 9.69 Å². The lowest BCUT2D eigenvalue weighted by molar-refractivity contribution is 0.0376. The molecule has 3 rings (SSSR count). The van der Waals surface area contributed by atoms with Gasteiger partial charge in [-0.25, -0.2) is 0 Å². The molecule has 6 nitrogen and oxygen atoms in total. The molecule has 1 saturated heterocycles. The Morgan fingerprint density at radius 3 is 2.61 bits per heavy atom. The fourth-order valence-corrected chi connectivity index (χ4v) is 2.62. The maximum absolute atomic E-state index is 10.7. The number of rotatable bonds is 5. The van der Waals surface area contributed by atoms with Crippen LogP contribution in [0.15, 0.2) is 28.8 Å². The molecule has 0 aliphatic carbocycles. The van der Waals surface area contributed by atoms with Gasteiger partial charge in [0.2, 0.25) is 11.7 Å². The van der Waals surface area contributed by atoms with Crippen molar-refractivity contribution in [1.29, 1.82) is 0 Å². The van der Waals surface area contributed by atoms with Gasteiger partial charge in [-0.2, -0.15) is 4.98 Å². The molecule has 0 unspecified atom stereocenters. The van der Waals surface area contributed by atoms with Crippen LogP contribution in [0, 0.1) is 0 Å². The molecule has 0 atom stereocenters. The number of hydrogen-bond donors (Lipinski definition) is 0. The summed E-state index contributed by atoms with van der Waals surface area (Å²) in [7, 11) is 2.07. The minimum atomic E-state index is 0. The lowest BCUT2D eigenvalue weighted by Crippen LogP contribution is -2.36. The van der Waals surface area contributed by atoms with Crippen LogP contribution in [0.5, 0.6) is 0 Å². The molecular weight excluding hydrogens is 318 g/mol. The summed E-state index contributed by atoms with van der Waals surface area (Å²) >= 11 is 0. The summed E-state index contributed by atoms with van der Waals surface area (Å²) in [4.78, 5) is 17.3. The zero-order valence-electron chi connectivity index (χ0n) is 13.0. The Morgan fingerprint density at radius 1 is 1.26 bits per heavy atom. The van der Waals surface area contributed by atoms with Gasteiger partial charge in [0.15, 0.2) is 0 Å². The third kappa shape index (κ3) is 4.37. The van der Waals surface area contributed by atoms with E-state index in [0.717, 1.165) is 37.9 Å². The van der Waals surface area contributed by atoms with E-state index in [-0.39, 0.29) is 12.4 Å². The molecule has 124 valence electrons. The Hall–Kier alpha value is -1.76. The van der Waals surface area contributed by atoms with Crippen molar-refractivity contribution in [3.05, 3.63) is 35.7 Å². The number of hydrogen-bond acceptors (Lipinski definition) is 6. The highest BCUT2D eigenvalue weighted by molar-refractivity contribution is 5.85. The van der Waals surface area contributed by atoms with Gasteiger partial charge in [0.1, 0.15) is 6.29 Å². The lowest BCUT2D eigenvalue weighted by Gasteiger charge is -2.29. The number of aromatic nitrogens is 2. The minimum absolute atomic E-state index is 0. The van der Waals surface area contributed by atoms with Crippen molar-refractivity contribution in [2.45, 2.75) is 25.4 Å². The SMILES string of the molecule is CN(Cc1nc(-c2ccc(C=O)cc2)no1)C1CCOCC1.Cl. The molecule has 2 aromatic rings. The molecule has 0 N–H and O–H groups in total. The average Bonchev–Trinajstić information content (AvgIpc) is 3.04. The smallest absolute Gasteiger partial charge is 0.241 e. The first kappa shape index (κ1) is 17.6. The van der Waals surface area contributed by atoms with Gasteiger partial charge >= 0.3 is 0 Å². The van der Waals surface area contributed by atoms with Gasteiger partial charge in [0.25, 0.3) is 0 Å². The van der Waals surface area contributed by atoms with Gasteiger partial charge in [-0.05, 0) is 19.9 Å². The van der Waals surface area contributed by atoms with E-state index in [9.17, 15) is 4.79 Å². The highest BCUT2D eigenvalue weighted by Crippen LogP contribution is 2.18. The molecule has 0 spiro atoms. The second-order valence-corrected chi connectivity index (χ2v) is 5.51. The Labute approximate surface area is 141 Å². The second-order valence-electron chi connectivity index (χ2n) is 5.51. The first-order valence-electron chi connectivity index (χ1n) is 7.42. The van der Waals surface area contributed by atoms with Crippen LogP contribution in [0.25, 0.3) is 11.4 Å². The first-order valence-corrected chi connectivity index (χ1v) is 7.42. The number of carbonyl (C=O) groups is 1. The highest BCUT2D eigenvalue weighted by Gasteiger charge is 2.20. The van der Waals surface area contributed by atoms with Crippen molar-refractivity contribution in [1.82, 2.24) is 15.0 Å². The highest BCUT2D eigenvalue weighted by atomic mass is 35.5. The number of ether oxygens (including phenoxy) is 1. The van der Waals surface area contributed by atoms with Crippen LogP contribution in [0.2, 0.25) is 0 Å². The summed E-state index contributed by atoms with van der Waals surface area (Å²) in [5.74, 6) is 1.15. The number of benzene rings is 1. The van der Waals surface area contributed by atoms with Crippen molar-refractivity contribution in [3.8, 4) is 11.4 Å². The van der Waals surface area contributed by atoms with Crippen molar-refractivity contribution in [2.75, 3.05) is 20.3 Å². The average molecular weight is 338 g/mol. The molecule has 1 aliphatic rings. The fraction of sp³-hybridized carbons (Fsp3) is 0.438. The van der Waals surface area contributed by atoms with Crippen molar-refractivity contribution >= 4 is 18.7 Å². The fourth-order valence-electron chi connectivity index (χ4n) is 2.62. The third-order valence-electron chi connectivity index (χ3n) is 3.97. The number of halogens is 1. The van der Waals surface area contributed by atoms with Gasteiger partial charge in [-0.1, -0.05) is 29.4 Å². The quantitative estimate of drug-likeness (QED) is 0.781. The Kier molecular flexibility index (Phi) is 6.27. The van der Waals surface area contributed by atoms with E-state index in [1.54, 1.807) is 12.1 Å². The topological polar surface area (TPSA) is 68.5 Å². The zero-order valence-corrected chi connectivity index (χ0v) is 13.8. The summed E-state index contributed by atoms with van der Waals surface area (Å²) in [5, 5.41) is 4.01. The van der Waals surface area contributed by atoms with Gasteiger partial charge in [0.05, 0.1) is 6.54 Å². The van der Waals surface area contributed by atoms with Crippen LogP contribution < -0.4 is 0 Å². The summed E-state index contributed by atoms with van der Waals surface area (Å²) < 4.78 is 10.7. The molecule has 0 amide bonds. The molecule has 1 fully saturated rings. The van der Waals surface area contributed by atoms with E-state index in [4.69, 9.17) is 9.26 Å². The van der Waals surface area contributed by atoms with Crippen LogP contribution in [-0.4, -0.2) is 47.6 Å². The Balaban J connectivity index is 0.00000192. The molecule has 1 aromatic heterocycles. The number of aldehydes is 1. The summed E-state index contributed by atoms with van der Waals surface area (Å²) in [6, 6.07) is 7.62. The van der Waals surface area contributed by atoms with E-state index in [0.29, 0.717) is 29.9 Å². The predicted octanol–water partition coefficient (Wildman–Crippen LogP) is 2.58. The van der Waals surface area contributed by atoms with Gasteiger partial charge < -0.3 is 9.26 Å². The van der Waals surface area contributed by atoms with Crippen LogP contribution in [0.4, 0.5) is 0 Å². The molecule has 0 radical (unpaired) electrons. The summed E-state index contributed by atoms with van der Waals surface area (Å²) in [6.07, 6.45) is 2.88. The predicted molar refractivity (Wildman–Crippen MR) is 87.7 cm³/mol. The molecule has 7 heteroatoms. The minimum Gasteiger partial charge on any atom is -0.381 e. The summed E-state index contributed by atoms with van der Waals surface area (Å²) in [5.41, 5.74) is 1.47. The first-order chi connectivity index (χ1) is 10.8. The second kappa shape index (κ2) is 8.19. The van der Waals surface area contributed by atoms with E-state index in [1.165, 1.54) is 0 Å². The van der Waals surface area contributed by atoms with Crippen molar-refractivity contribution in [2.24, 2.45) is 0 Å². The van der Waals surface area contributed by atoms with E-state index >= 15 is 0 Å². The summed E-state index contributed by atoms with van der Waals surface area (Å²) in [6.45, 7) is 2.25. The number of nitrogens with zero attached hydrogens (tertiary/aromatic N) is 3. The standard InChI is InChI=1S/C16H19N3O3.ClH/c1-19(14-6-8-21-9-7-14)10-15-17-16(18-22-15)13-4-2-12(11-20)3-5-13;/h2-5,11,14H,6-10H2,1H3;1H. The van der Waals surface area contributed by atoms with E-state index < -0.39 is 0 Å². The zero-order chi connectivity index (χ0) is 15.4. The van der Waals surface area contributed by atoms with Crippen molar-refractivity contribution in [3.63, 3.8) is 0 Å². The molecule has 1 aliphatic heterocycles. The van der Waals surface area contributed by atoms with Crippen LogP contribution in [0.1, 0.15) is 29.1 Å². The van der Waals surface area contributed by atoms with Gasteiger partial charge in [0, 0.05) is 30.4 Å². The largest absolute Gasteiger partial charge is 0.381 e. The maximum Gasteiger partial charge on any atom is 0.241 e. The molecule has 1 aromatic carbocycles. The molecular formula is C16H20ClN3O3. The van der Waals surface area contributed by atoms with E-state index in [1.807, 2.05) is 12.1 Å². The van der Waals surface area contributed by atoms with Crippen LogP contribution in [0.3, 0.4) is 0 Å². The van der Waals surface area contributed by atoms with Crippen molar-refractivity contribution < 1.29 is 14.1 Å². The molecule has 23 heavy (non-hydrogen) atoms. The van der Waals surface area contributed by atoms with Crippen LogP contribution in [-0.2, 0) is 11.3 Å². The normalized spacial score (nSPS) is 15.4. The maximum atomic E-state index is 10.7. The number of carbonyl (C=O) groups excluding carboxylic acids is 1. The lowest BCUT2D eigenvalue weighted by atomic mass is 10.1. The molecule has 2 heterocycles. The molecule has 0 saturated carbocycles. The third-order valence-corrected chi connectivity index (χ3v) is 3.97. The Bertz CT molecular complexity index is 624. The monoisotopic (exact) mass is 337 g/mol. The van der Waals surface area contributed by atoms with E-state index in [2.05, 4.69) is 22.1 Å².